The highest BCUT2D eigenvalue weighted by atomic mass is 32.1. The first-order valence-electron chi connectivity index (χ1n) is 11.5. The summed E-state index contributed by atoms with van der Waals surface area (Å²) in [5.74, 6) is 0.789. The summed E-state index contributed by atoms with van der Waals surface area (Å²) in [4.78, 5) is 22.3. The maximum Gasteiger partial charge on any atom is 0.260 e. The fourth-order valence-corrected chi connectivity index (χ4v) is 4.86. The number of thiazole rings is 1. The van der Waals surface area contributed by atoms with Crippen LogP contribution in [-0.4, -0.2) is 49.6 Å². The Labute approximate surface area is 196 Å². The number of fused-ring (bicyclic) bond motifs is 1. The molecular weight excluding hydrogens is 418 g/mol. The molecule has 3 aromatic rings. The molecule has 0 radical (unpaired) electrons. The first-order chi connectivity index (χ1) is 15.4. The lowest BCUT2D eigenvalue weighted by Crippen LogP contribution is -2.33. The Kier molecular flexibility index (Phi) is 8.65. The summed E-state index contributed by atoms with van der Waals surface area (Å²) in [5, 5.41) is 0.761. The molecule has 0 aliphatic rings. The van der Waals surface area contributed by atoms with Gasteiger partial charge in [0.1, 0.15) is 5.75 Å². The van der Waals surface area contributed by atoms with Crippen molar-refractivity contribution in [2.24, 2.45) is 0 Å². The van der Waals surface area contributed by atoms with Crippen LogP contribution in [0.5, 0.6) is 5.75 Å². The summed E-state index contributed by atoms with van der Waals surface area (Å²) >= 11 is 1.59. The van der Waals surface area contributed by atoms with Crippen LogP contribution in [0.4, 0.5) is 5.13 Å². The first-order valence-corrected chi connectivity index (χ1v) is 12.3. The van der Waals surface area contributed by atoms with E-state index in [1.807, 2.05) is 29.2 Å². The lowest BCUT2D eigenvalue weighted by Gasteiger charge is -2.21. The number of amides is 1. The van der Waals surface area contributed by atoms with Crippen molar-refractivity contribution in [3.8, 4) is 5.75 Å². The van der Waals surface area contributed by atoms with Crippen LogP contribution in [0.1, 0.15) is 54.1 Å². The van der Waals surface area contributed by atoms with Gasteiger partial charge in [-0.3, -0.25) is 9.69 Å². The van der Waals surface area contributed by atoms with E-state index in [9.17, 15) is 4.79 Å². The van der Waals surface area contributed by atoms with Crippen molar-refractivity contribution < 1.29 is 9.53 Å². The maximum absolute atomic E-state index is 13.5. The Bertz CT molecular complexity index is 1030. The summed E-state index contributed by atoms with van der Waals surface area (Å²) in [5.41, 5.74) is 4.00. The Morgan fingerprint density at radius 1 is 1.03 bits per heavy atom. The molecule has 0 aliphatic heterocycles. The second kappa shape index (κ2) is 11.4. The molecule has 32 heavy (non-hydrogen) atoms. The zero-order chi connectivity index (χ0) is 23.1. The van der Waals surface area contributed by atoms with E-state index in [4.69, 9.17) is 9.72 Å². The molecule has 0 unspecified atom stereocenters. The number of ether oxygens (including phenoxy) is 1. The quantitative estimate of drug-likeness (QED) is 0.330. The molecule has 172 valence electrons. The van der Waals surface area contributed by atoms with Crippen LogP contribution in [0.2, 0.25) is 0 Å². The van der Waals surface area contributed by atoms with Crippen LogP contribution < -0.4 is 9.64 Å². The zero-order valence-electron chi connectivity index (χ0n) is 20.0. The molecule has 0 spiro atoms. The molecule has 0 bridgehead atoms. The van der Waals surface area contributed by atoms with Crippen molar-refractivity contribution in [3.05, 3.63) is 53.1 Å². The largest absolute Gasteiger partial charge is 0.494 e. The van der Waals surface area contributed by atoms with Gasteiger partial charge in [0, 0.05) is 12.1 Å². The molecule has 5 nitrogen and oxygen atoms in total. The molecule has 1 heterocycles. The molecule has 0 N–H and O–H groups in total. The lowest BCUT2D eigenvalue weighted by atomic mass is 10.1. The number of carbonyl (C=O) groups excluding carboxylic acids is 1. The number of aromatic nitrogens is 1. The van der Waals surface area contributed by atoms with E-state index in [1.54, 1.807) is 11.3 Å². The zero-order valence-corrected chi connectivity index (χ0v) is 20.8. The Morgan fingerprint density at radius 2 is 1.78 bits per heavy atom. The maximum atomic E-state index is 13.5. The number of rotatable bonds is 11. The van der Waals surface area contributed by atoms with Crippen LogP contribution in [0.15, 0.2) is 36.4 Å². The van der Waals surface area contributed by atoms with Gasteiger partial charge >= 0.3 is 0 Å². The fraction of sp³-hybridized carbons (Fsp3) is 0.462. The molecule has 6 heteroatoms. The normalized spacial score (nSPS) is 11.3. The second-order valence-corrected chi connectivity index (χ2v) is 9.63. The van der Waals surface area contributed by atoms with Crippen molar-refractivity contribution in [1.82, 2.24) is 9.88 Å². The number of aryl methyl sites for hydroxylation is 2. The van der Waals surface area contributed by atoms with E-state index in [0.717, 1.165) is 46.0 Å². The third-order valence-electron chi connectivity index (χ3n) is 5.40. The Balaban J connectivity index is 1.82. The topological polar surface area (TPSA) is 45.7 Å². The minimum Gasteiger partial charge on any atom is -0.494 e. The summed E-state index contributed by atoms with van der Waals surface area (Å²) < 4.78 is 6.93. The number of hydrogen-bond donors (Lipinski definition) is 0. The van der Waals surface area contributed by atoms with Gasteiger partial charge in [-0.05, 0) is 88.8 Å². The molecule has 0 aliphatic carbocycles. The van der Waals surface area contributed by atoms with Crippen molar-refractivity contribution in [3.63, 3.8) is 0 Å². The van der Waals surface area contributed by atoms with Gasteiger partial charge in [0.2, 0.25) is 0 Å². The lowest BCUT2D eigenvalue weighted by molar-refractivity contribution is 0.0986. The van der Waals surface area contributed by atoms with Crippen LogP contribution in [-0.2, 0) is 0 Å². The summed E-state index contributed by atoms with van der Waals surface area (Å²) in [6.07, 6.45) is 4.27. The Morgan fingerprint density at radius 3 is 2.47 bits per heavy atom. The van der Waals surface area contributed by atoms with E-state index < -0.39 is 0 Å². The average molecular weight is 454 g/mol. The van der Waals surface area contributed by atoms with Gasteiger partial charge in [0.15, 0.2) is 5.13 Å². The molecule has 1 aromatic heterocycles. The fourth-order valence-electron chi connectivity index (χ4n) is 3.70. The van der Waals surface area contributed by atoms with Gasteiger partial charge in [0.05, 0.1) is 16.8 Å². The smallest absolute Gasteiger partial charge is 0.260 e. The third-order valence-corrected chi connectivity index (χ3v) is 6.42. The SMILES string of the molecule is CCCCCOc1ccc(C(=O)N(CCCN(C)C)c2nc3c(C)cc(C)cc3s2)cc1. The Hall–Kier alpha value is -2.44. The van der Waals surface area contributed by atoms with Gasteiger partial charge in [-0.2, -0.15) is 0 Å². The number of anilines is 1. The molecular formula is C26H35N3O2S. The van der Waals surface area contributed by atoms with Crippen LogP contribution in [0, 0.1) is 13.8 Å². The van der Waals surface area contributed by atoms with Crippen molar-refractivity contribution >= 4 is 32.6 Å². The number of hydrogen-bond acceptors (Lipinski definition) is 5. The van der Waals surface area contributed by atoms with E-state index in [0.29, 0.717) is 18.7 Å². The van der Waals surface area contributed by atoms with Gasteiger partial charge in [-0.25, -0.2) is 4.98 Å². The van der Waals surface area contributed by atoms with Crippen LogP contribution in [0.25, 0.3) is 10.2 Å². The summed E-state index contributed by atoms with van der Waals surface area (Å²) in [7, 11) is 4.10. The summed E-state index contributed by atoms with van der Waals surface area (Å²) in [6, 6.07) is 11.8. The third kappa shape index (κ3) is 6.30. The second-order valence-electron chi connectivity index (χ2n) is 8.62. The van der Waals surface area contributed by atoms with Gasteiger partial charge < -0.3 is 9.64 Å². The molecule has 0 atom stereocenters. The van der Waals surface area contributed by atoms with Crippen molar-refractivity contribution in [2.45, 2.75) is 46.5 Å². The van der Waals surface area contributed by atoms with Gasteiger partial charge in [-0.15, -0.1) is 0 Å². The molecule has 1 amide bonds. The summed E-state index contributed by atoms with van der Waals surface area (Å²) in [6.45, 7) is 8.61. The molecule has 0 fully saturated rings. The first kappa shape index (κ1) is 24.2. The number of carbonyl (C=O) groups is 1. The number of nitrogens with zero attached hydrogens (tertiary/aromatic N) is 3. The molecule has 2 aromatic carbocycles. The van der Waals surface area contributed by atoms with Crippen molar-refractivity contribution in [2.75, 3.05) is 38.7 Å². The van der Waals surface area contributed by atoms with E-state index in [-0.39, 0.29) is 5.91 Å². The highest BCUT2D eigenvalue weighted by molar-refractivity contribution is 7.22. The minimum absolute atomic E-state index is 0.0188. The van der Waals surface area contributed by atoms with E-state index >= 15 is 0 Å². The average Bonchev–Trinajstić information content (AvgIpc) is 3.18. The van der Waals surface area contributed by atoms with E-state index in [2.05, 4.69) is 51.9 Å². The predicted molar refractivity (Wildman–Crippen MR) is 135 cm³/mol. The van der Waals surface area contributed by atoms with Gasteiger partial charge in [-0.1, -0.05) is 37.2 Å². The number of benzene rings is 2. The van der Waals surface area contributed by atoms with Crippen molar-refractivity contribution in [1.29, 1.82) is 0 Å². The van der Waals surface area contributed by atoms with Crippen LogP contribution >= 0.6 is 11.3 Å². The highest BCUT2D eigenvalue weighted by Crippen LogP contribution is 2.32. The minimum atomic E-state index is -0.0188. The monoisotopic (exact) mass is 453 g/mol. The molecule has 0 saturated heterocycles. The number of unbranched alkanes of at least 4 members (excludes halogenated alkanes) is 2. The molecule has 0 saturated carbocycles. The highest BCUT2D eigenvalue weighted by Gasteiger charge is 2.22. The molecule has 3 rings (SSSR count). The standard InChI is InChI=1S/C26H35N3O2S/c1-6-7-8-16-31-22-12-10-21(11-13-22)25(30)29(15-9-14-28(4)5)26-27-24-20(3)17-19(2)18-23(24)32-26/h10-13,17-18H,6-9,14-16H2,1-5H3. The van der Waals surface area contributed by atoms with E-state index in [1.165, 1.54) is 18.4 Å². The van der Waals surface area contributed by atoms with Gasteiger partial charge in [0.25, 0.3) is 5.91 Å². The predicted octanol–water partition coefficient (Wildman–Crippen LogP) is 6.08. The van der Waals surface area contributed by atoms with Crippen LogP contribution in [0.3, 0.4) is 0 Å².